The van der Waals surface area contributed by atoms with Crippen LogP contribution in [0.5, 0.6) is 5.75 Å². The van der Waals surface area contributed by atoms with Crippen LogP contribution in [0.2, 0.25) is 0 Å². The summed E-state index contributed by atoms with van der Waals surface area (Å²) in [4.78, 5) is 22.8. The van der Waals surface area contributed by atoms with Crippen LogP contribution in [0.1, 0.15) is 46.6 Å². The van der Waals surface area contributed by atoms with Crippen molar-refractivity contribution < 1.29 is 9.90 Å². The molecule has 2 aromatic carbocycles. The average Bonchev–Trinajstić information content (AvgIpc) is 3.08. The Morgan fingerprint density at radius 2 is 1.91 bits per heavy atom. The fourth-order valence-corrected chi connectivity index (χ4v) is 4.35. The molecule has 0 spiro atoms. The molecule has 160 valence electrons. The maximum atomic E-state index is 12.9. The van der Waals surface area contributed by atoms with Gasteiger partial charge in [0.1, 0.15) is 5.75 Å². The van der Waals surface area contributed by atoms with Gasteiger partial charge in [0, 0.05) is 17.5 Å². The number of nitrogens with zero attached hydrogens (tertiary/aromatic N) is 2. The van der Waals surface area contributed by atoms with Gasteiger partial charge in [-0.15, -0.1) is 0 Å². The quantitative estimate of drug-likeness (QED) is 0.588. The van der Waals surface area contributed by atoms with Gasteiger partial charge in [-0.2, -0.15) is 0 Å². The van der Waals surface area contributed by atoms with Crippen LogP contribution >= 0.6 is 0 Å². The summed E-state index contributed by atoms with van der Waals surface area (Å²) in [7, 11) is 0. The number of anilines is 1. The SMILES string of the molecule is O=C(Nc1nc2c(nc1CC1=CC=CCCC1)-c1ccc(O)cc1CC2)c1ccccc1. The Morgan fingerprint density at radius 1 is 1.03 bits per heavy atom. The highest BCUT2D eigenvalue weighted by atomic mass is 16.3. The van der Waals surface area contributed by atoms with E-state index in [0.717, 1.165) is 60.3 Å². The number of nitrogens with one attached hydrogen (secondary N) is 1. The second kappa shape index (κ2) is 8.79. The molecular formula is C27H25N3O2. The average molecular weight is 424 g/mol. The van der Waals surface area contributed by atoms with Gasteiger partial charge in [0.25, 0.3) is 5.91 Å². The summed E-state index contributed by atoms with van der Waals surface area (Å²) < 4.78 is 0. The molecule has 2 aliphatic carbocycles. The first-order chi connectivity index (χ1) is 15.7. The standard InChI is InChI=1S/C27H25N3O2/c31-21-13-14-22-20(17-21)12-15-23-25(22)28-24(16-18-8-4-1-2-5-9-18)26(29-23)30-27(32)19-10-6-3-7-11-19/h1,3-4,6-8,10-11,13-14,17,31H,2,5,9,12,15-16H2,(H,29,30,32). The summed E-state index contributed by atoms with van der Waals surface area (Å²) in [5.74, 6) is 0.619. The van der Waals surface area contributed by atoms with Crippen LogP contribution in [0.4, 0.5) is 5.82 Å². The number of rotatable bonds is 4. The summed E-state index contributed by atoms with van der Waals surface area (Å²) in [5, 5.41) is 12.9. The van der Waals surface area contributed by atoms with Crippen LogP contribution in [0.15, 0.2) is 72.3 Å². The first-order valence-corrected chi connectivity index (χ1v) is 11.1. The third kappa shape index (κ3) is 4.19. The maximum Gasteiger partial charge on any atom is 0.256 e. The number of aromatic nitrogens is 2. The number of carbonyl (C=O) groups excluding carboxylic acids is 1. The van der Waals surface area contributed by atoms with Crippen molar-refractivity contribution in [3.63, 3.8) is 0 Å². The van der Waals surface area contributed by atoms with Crippen molar-refractivity contribution in [3.05, 3.63) is 94.8 Å². The zero-order valence-electron chi connectivity index (χ0n) is 17.8. The molecule has 0 saturated carbocycles. The van der Waals surface area contributed by atoms with Crippen molar-refractivity contribution in [1.29, 1.82) is 0 Å². The Hall–Kier alpha value is -3.73. The topological polar surface area (TPSA) is 75.1 Å². The third-order valence-electron chi connectivity index (χ3n) is 6.01. The van der Waals surface area contributed by atoms with Gasteiger partial charge < -0.3 is 10.4 Å². The van der Waals surface area contributed by atoms with Crippen molar-refractivity contribution >= 4 is 11.7 Å². The Balaban J connectivity index is 1.56. The van der Waals surface area contributed by atoms with Gasteiger partial charge in [0.05, 0.1) is 17.1 Å². The molecule has 0 unspecified atom stereocenters. The number of phenols is 1. The van der Waals surface area contributed by atoms with E-state index in [9.17, 15) is 9.90 Å². The van der Waals surface area contributed by atoms with Crippen LogP contribution < -0.4 is 5.32 Å². The first kappa shape index (κ1) is 20.2. The van der Waals surface area contributed by atoms with Gasteiger partial charge in [-0.3, -0.25) is 4.79 Å². The lowest BCUT2D eigenvalue weighted by molar-refractivity contribution is 0.102. The number of phenolic OH excluding ortho intramolecular Hbond substituents is 1. The fourth-order valence-electron chi connectivity index (χ4n) is 4.35. The molecule has 0 radical (unpaired) electrons. The minimum Gasteiger partial charge on any atom is -0.508 e. The molecule has 1 amide bonds. The summed E-state index contributed by atoms with van der Waals surface area (Å²) in [6.07, 6.45) is 11.8. The van der Waals surface area contributed by atoms with E-state index < -0.39 is 0 Å². The van der Waals surface area contributed by atoms with Gasteiger partial charge in [-0.25, -0.2) is 9.97 Å². The highest BCUT2D eigenvalue weighted by molar-refractivity contribution is 6.04. The van der Waals surface area contributed by atoms with E-state index in [0.29, 0.717) is 17.8 Å². The number of aryl methyl sites for hydroxylation is 2. The molecule has 0 fully saturated rings. The van der Waals surface area contributed by atoms with Gasteiger partial charge in [0.2, 0.25) is 0 Å². The van der Waals surface area contributed by atoms with Gasteiger partial charge in [-0.05, 0) is 68.0 Å². The Kier molecular flexibility index (Phi) is 5.55. The van der Waals surface area contributed by atoms with Crippen molar-refractivity contribution in [2.45, 2.75) is 38.5 Å². The predicted octanol–water partition coefficient (Wildman–Crippen LogP) is 5.41. The van der Waals surface area contributed by atoms with Crippen molar-refractivity contribution in [2.75, 3.05) is 5.32 Å². The van der Waals surface area contributed by atoms with Gasteiger partial charge in [0.15, 0.2) is 5.82 Å². The fraction of sp³-hybridized carbons (Fsp3) is 0.222. The van der Waals surface area contributed by atoms with Crippen molar-refractivity contribution in [1.82, 2.24) is 9.97 Å². The Morgan fingerprint density at radius 3 is 2.78 bits per heavy atom. The molecule has 5 heteroatoms. The molecular weight excluding hydrogens is 398 g/mol. The molecule has 0 saturated heterocycles. The lowest BCUT2D eigenvalue weighted by Gasteiger charge is -2.21. The lowest BCUT2D eigenvalue weighted by atomic mass is 9.91. The molecule has 1 heterocycles. The van der Waals surface area contributed by atoms with E-state index in [1.54, 1.807) is 18.2 Å². The molecule has 1 aromatic heterocycles. The number of hydrogen-bond acceptors (Lipinski definition) is 4. The minimum atomic E-state index is -0.183. The van der Waals surface area contributed by atoms with Gasteiger partial charge >= 0.3 is 0 Å². The van der Waals surface area contributed by atoms with Crippen LogP contribution in [0, 0.1) is 0 Å². The summed E-state index contributed by atoms with van der Waals surface area (Å²) in [6, 6.07) is 14.6. The third-order valence-corrected chi connectivity index (χ3v) is 6.01. The van der Waals surface area contributed by atoms with E-state index in [4.69, 9.17) is 9.97 Å². The number of carbonyl (C=O) groups is 1. The van der Waals surface area contributed by atoms with E-state index in [1.807, 2.05) is 30.3 Å². The maximum absolute atomic E-state index is 12.9. The van der Waals surface area contributed by atoms with Crippen LogP contribution in [-0.4, -0.2) is 21.0 Å². The normalized spacial score (nSPS) is 14.7. The highest BCUT2D eigenvalue weighted by Gasteiger charge is 2.23. The zero-order valence-corrected chi connectivity index (χ0v) is 17.8. The van der Waals surface area contributed by atoms with Crippen LogP contribution in [0.3, 0.4) is 0 Å². The van der Waals surface area contributed by atoms with E-state index in [1.165, 1.54) is 5.57 Å². The molecule has 5 rings (SSSR count). The van der Waals surface area contributed by atoms with E-state index in [2.05, 4.69) is 23.5 Å². The monoisotopic (exact) mass is 423 g/mol. The molecule has 2 aliphatic rings. The van der Waals surface area contributed by atoms with Gasteiger partial charge in [-0.1, -0.05) is 42.0 Å². The van der Waals surface area contributed by atoms with E-state index >= 15 is 0 Å². The van der Waals surface area contributed by atoms with Crippen LogP contribution in [-0.2, 0) is 19.3 Å². The first-order valence-electron chi connectivity index (χ1n) is 11.1. The molecule has 0 atom stereocenters. The number of hydrogen-bond donors (Lipinski definition) is 2. The largest absolute Gasteiger partial charge is 0.508 e. The predicted molar refractivity (Wildman–Crippen MR) is 126 cm³/mol. The van der Waals surface area contributed by atoms with Crippen molar-refractivity contribution in [3.8, 4) is 17.0 Å². The number of amides is 1. The Bertz CT molecular complexity index is 1230. The second-order valence-electron chi connectivity index (χ2n) is 8.30. The number of allylic oxidation sites excluding steroid dienone is 4. The minimum absolute atomic E-state index is 0.183. The summed E-state index contributed by atoms with van der Waals surface area (Å²) >= 11 is 0. The molecule has 0 bridgehead atoms. The van der Waals surface area contributed by atoms with Crippen LogP contribution in [0.25, 0.3) is 11.3 Å². The summed E-state index contributed by atoms with van der Waals surface area (Å²) in [5.41, 5.74) is 6.47. The van der Waals surface area contributed by atoms with E-state index in [-0.39, 0.29) is 11.7 Å². The van der Waals surface area contributed by atoms with Crippen molar-refractivity contribution in [2.24, 2.45) is 0 Å². The molecule has 5 nitrogen and oxygen atoms in total. The molecule has 3 aromatic rings. The number of benzene rings is 2. The molecule has 0 aliphatic heterocycles. The highest BCUT2D eigenvalue weighted by Crippen LogP contribution is 2.35. The smallest absolute Gasteiger partial charge is 0.256 e. The molecule has 2 N–H and O–H groups in total. The Labute approximate surface area is 187 Å². The summed E-state index contributed by atoms with van der Waals surface area (Å²) in [6.45, 7) is 0. The number of aromatic hydroxyl groups is 1. The second-order valence-corrected chi connectivity index (χ2v) is 8.30. The number of fused-ring (bicyclic) bond motifs is 3. The zero-order chi connectivity index (χ0) is 21.9. The lowest BCUT2D eigenvalue weighted by Crippen LogP contribution is -2.18. The molecule has 32 heavy (non-hydrogen) atoms.